The van der Waals surface area contributed by atoms with Crippen molar-refractivity contribution in [3.05, 3.63) is 42.2 Å². The van der Waals surface area contributed by atoms with Crippen molar-refractivity contribution in [1.82, 2.24) is 19.9 Å². The molecule has 0 atom stereocenters. The lowest BCUT2D eigenvalue weighted by molar-refractivity contribution is 0.248. The van der Waals surface area contributed by atoms with Crippen molar-refractivity contribution < 1.29 is 9.13 Å². The van der Waals surface area contributed by atoms with Crippen LogP contribution in [0.5, 0.6) is 5.88 Å². The van der Waals surface area contributed by atoms with Gasteiger partial charge in [-0.1, -0.05) is 0 Å². The quantitative estimate of drug-likeness (QED) is 0.849. The molecule has 0 aromatic carbocycles. The summed E-state index contributed by atoms with van der Waals surface area (Å²) in [5.41, 5.74) is 1.16. The average Bonchev–Trinajstić information content (AvgIpc) is 2.56. The van der Waals surface area contributed by atoms with Crippen molar-refractivity contribution in [2.45, 2.75) is 6.54 Å². The van der Waals surface area contributed by atoms with E-state index in [4.69, 9.17) is 4.74 Å². The average molecular weight is 303 g/mol. The number of hydrogen-bond donors (Lipinski definition) is 0. The van der Waals surface area contributed by atoms with Gasteiger partial charge in [0.05, 0.1) is 13.3 Å². The predicted octanol–water partition coefficient (Wildman–Crippen LogP) is 1.34. The SMILES string of the molecule is COc1cc(CN2CCN(c3ncncc3F)CC2)ccn1. The molecule has 116 valence electrons. The Balaban J connectivity index is 1.59. The number of pyridine rings is 1. The Hall–Kier alpha value is -2.28. The fraction of sp³-hybridized carbons (Fsp3) is 0.400. The molecule has 0 N–H and O–H groups in total. The standard InChI is InChI=1S/C15H18FN5O/c1-22-14-8-12(2-3-18-14)10-20-4-6-21(7-5-20)15-13(16)9-17-11-19-15/h2-3,8-9,11H,4-7,10H2,1H3. The van der Waals surface area contributed by atoms with E-state index in [-0.39, 0.29) is 5.82 Å². The molecule has 0 unspecified atom stereocenters. The number of aromatic nitrogens is 3. The fourth-order valence-corrected chi connectivity index (χ4v) is 2.58. The highest BCUT2D eigenvalue weighted by Crippen LogP contribution is 2.18. The molecule has 0 bridgehead atoms. The molecule has 22 heavy (non-hydrogen) atoms. The minimum atomic E-state index is -0.366. The number of hydrogen-bond acceptors (Lipinski definition) is 6. The summed E-state index contributed by atoms with van der Waals surface area (Å²) in [5, 5.41) is 0. The molecule has 0 amide bonds. The smallest absolute Gasteiger partial charge is 0.213 e. The summed E-state index contributed by atoms with van der Waals surface area (Å²) < 4.78 is 18.8. The predicted molar refractivity (Wildman–Crippen MR) is 80.3 cm³/mol. The van der Waals surface area contributed by atoms with Gasteiger partial charge in [-0.3, -0.25) is 4.90 Å². The summed E-state index contributed by atoms with van der Waals surface area (Å²) in [6.45, 7) is 4.04. The lowest BCUT2D eigenvalue weighted by Crippen LogP contribution is -2.46. The molecule has 6 nitrogen and oxygen atoms in total. The van der Waals surface area contributed by atoms with Gasteiger partial charge < -0.3 is 9.64 Å². The summed E-state index contributed by atoms with van der Waals surface area (Å²) in [5.74, 6) is 0.647. The molecule has 0 spiro atoms. The second-order valence-corrected chi connectivity index (χ2v) is 5.16. The van der Waals surface area contributed by atoms with Crippen molar-refractivity contribution in [1.29, 1.82) is 0 Å². The van der Waals surface area contributed by atoms with E-state index in [0.717, 1.165) is 38.3 Å². The number of rotatable bonds is 4. The molecule has 2 aromatic rings. The number of anilines is 1. The highest BCUT2D eigenvalue weighted by molar-refractivity contribution is 5.38. The first-order chi connectivity index (χ1) is 10.8. The molecule has 1 saturated heterocycles. The molecular formula is C15H18FN5O. The molecule has 2 aromatic heterocycles. The van der Waals surface area contributed by atoms with Gasteiger partial charge in [0, 0.05) is 45.0 Å². The highest BCUT2D eigenvalue weighted by atomic mass is 19.1. The lowest BCUT2D eigenvalue weighted by Gasteiger charge is -2.35. The summed E-state index contributed by atoms with van der Waals surface area (Å²) in [6.07, 6.45) is 4.34. The molecule has 1 aliphatic heterocycles. The van der Waals surface area contributed by atoms with Crippen LogP contribution in [-0.4, -0.2) is 53.1 Å². The zero-order chi connectivity index (χ0) is 15.4. The summed E-state index contributed by atoms with van der Waals surface area (Å²) in [7, 11) is 1.61. The fourth-order valence-electron chi connectivity index (χ4n) is 2.58. The summed E-state index contributed by atoms with van der Waals surface area (Å²) in [6, 6.07) is 3.93. The number of piperazine rings is 1. The molecule has 0 saturated carbocycles. The van der Waals surface area contributed by atoms with Crippen LogP contribution >= 0.6 is 0 Å². The third kappa shape index (κ3) is 3.30. The van der Waals surface area contributed by atoms with E-state index < -0.39 is 0 Å². The Bertz CT molecular complexity index is 631. The minimum absolute atomic E-state index is 0.366. The Morgan fingerprint density at radius 2 is 2.05 bits per heavy atom. The van der Waals surface area contributed by atoms with E-state index in [1.807, 2.05) is 17.0 Å². The lowest BCUT2D eigenvalue weighted by atomic mass is 10.2. The Labute approximate surface area is 128 Å². The normalized spacial score (nSPS) is 15.8. The topological polar surface area (TPSA) is 54.4 Å². The number of halogens is 1. The first-order valence-corrected chi connectivity index (χ1v) is 7.18. The Morgan fingerprint density at radius 3 is 2.77 bits per heavy atom. The Kier molecular flexibility index (Phi) is 4.43. The van der Waals surface area contributed by atoms with Crippen LogP contribution in [0.15, 0.2) is 30.9 Å². The van der Waals surface area contributed by atoms with Crippen LogP contribution in [0.3, 0.4) is 0 Å². The third-order valence-electron chi connectivity index (χ3n) is 3.73. The van der Waals surface area contributed by atoms with Crippen molar-refractivity contribution >= 4 is 5.82 Å². The summed E-state index contributed by atoms with van der Waals surface area (Å²) >= 11 is 0. The van der Waals surface area contributed by atoms with Crippen molar-refractivity contribution in [2.75, 3.05) is 38.2 Å². The van der Waals surface area contributed by atoms with Gasteiger partial charge in [0.25, 0.3) is 0 Å². The second kappa shape index (κ2) is 6.65. The van der Waals surface area contributed by atoms with Crippen LogP contribution in [-0.2, 0) is 6.54 Å². The van der Waals surface area contributed by atoms with Crippen molar-refractivity contribution in [3.8, 4) is 5.88 Å². The van der Waals surface area contributed by atoms with E-state index in [1.165, 1.54) is 12.5 Å². The van der Waals surface area contributed by atoms with Gasteiger partial charge in [0.1, 0.15) is 6.33 Å². The number of nitrogens with zero attached hydrogens (tertiary/aromatic N) is 5. The first kappa shape index (κ1) is 14.6. The maximum Gasteiger partial charge on any atom is 0.213 e. The van der Waals surface area contributed by atoms with Crippen molar-refractivity contribution in [3.63, 3.8) is 0 Å². The van der Waals surface area contributed by atoms with Crippen LogP contribution in [0.2, 0.25) is 0 Å². The third-order valence-corrected chi connectivity index (χ3v) is 3.73. The van der Waals surface area contributed by atoms with Crippen LogP contribution in [0, 0.1) is 5.82 Å². The molecule has 3 heterocycles. The monoisotopic (exact) mass is 303 g/mol. The largest absolute Gasteiger partial charge is 0.481 e. The molecule has 1 fully saturated rings. The van der Waals surface area contributed by atoms with E-state index >= 15 is 0 Å². The van der Waals surface area contributed by atoms with Gasteiger partial charge in [-0.05, 0) is 11.6 Å². The molecular weight excluding hydrogens is 285 g/mol. The van der Waals surface area contributed by atoms with Gasteiger partial charge in [0.15, 0.2) is 11.6 Å². The highest BCUT2D eigenvalue weighted by Gasteiger charge is 2.20. The number of methoxy groups -OCH3 is 1. The zero-order valence-corrected chi connectivity index (χ0v) is 12.4. The minimum Gasteiger partial charge on any atom is -0.481 e. The van der Waals surface area contributed by atoms with Crippen LogP contribution in [0.25, 0.3) is 0 Å². The molecule has 0 radical (unpaired) electrons. The second-order valence-electron chi connectivity index (χ2n) is 5.16. The van der Waals surface area contributed by atoms with Gasteiger partial charge in [-0.25, -0.2) is 19.3 Å². The number of ether oxygens (including phenoxy) is 1. The van der Waals surface area contributed by atoms with Crippen LogP contribution in [0.1, 0.15) is 5.56 Å². The molecule has 3 rings (SSSR count). The molecule has 1 aliphatic rings. The van der Waals surface area contributed by atoms with Gasteiger partial charge in [0.2, 0.25) is 5.88 Å². The van der Waals surface area contributed by atoms with Gasteiger partial charge in [-0.2, -0.15) is 0 Å². The van der Waals surface area contributed by atoms with Crippen molar-refractivity contribution in [2.24, 2.45) is 0 Å². The maximum atomic E-state index is 13.7. The van der Waals surface area contributed by atoms with E-state index in [0.29, 0.717) is 11.7 Å². The van der Waals surface area contributed by atoms with Gasteiger partial charge >= 0.3 is 0 Å². The van der Waals surface area contributed by atoms with Gasteiger partial charge in [-0.15, -0.1) is 0 Å². The van der Waals surface area contributed by atoms with Crippen LogP contribution < -0.4 is 9.64 Å². The van der Waals surface area contributed by atoms with E-state index in [2.05, 4.69) is 19.9 Å². The van der Waals surface area contributed by atoms with Crippen LogP contribution in [0.4, 0.5) is 10.2 Å². The van der Waals surface area contributed by atoms with E-state index in [1.54, 1.807) is 13.3 Å². The maximum absolute atomic E-state index is 13.7. The first-order valence-electron chi connectivity index (χ1n) is 7.18. The van der Waals surface area contributed by atoms with E-state index in [9.17, 15) is 4.39 Å². The zero-order valence-electron chi connectivity index (χ0n) is 12.4. The molecule has 0 aliphatic carbocycles. The summed E-state index contributed by atoms with van der Waals surface area (Å²) in [4.78, 5) is 16.1. The Morgan fingerprint density at radius 1 is 1.23 bits per heavy atom. The molecule has 7 heteroatoms.